The molecule has 1 aliphatic rings. The van der Waals surface area contributed by atoms with Gasteiger partial charge in [0, 0.05) is 27.1 Å². The van der Waals surface area contributed by atoms with Crippen LogP contribution in [-0.4, -0.2) is 17.8 Å². The summed E-state index contributed by atoms with van der Waals surface area (Å²) in [6, 6.07) is 10.9. The van der Waals surface area contributed by atoms with Crippen molar-refractivity contribution in [3.8, 4) is 0 Å². The van der Waals surface area contributed by atoms with Crippen LogP contribution in [0.3, 0.4) is 0 Å². The van der Waals surface area contributed by atoms with Crippen molar-refractivity contribution < 1.29 is 9.59 Å². The minimum Gasteiger partial charge on any atom is -0.289 e. The average molecular weight is 328 g/mol. The first-order chi connectivity index (χ1) is 11.1. The molecule has 0 aromatic heterocycles. The lowest BCUT2D eigenvalue weighted by Gasteiger charge is -2.20. The van der Waals surface area contributed by atoms with Crippen molar-refractivity contribution in [2.45, 2.75) is 39.5 Å². The molecule has 3 rings (SSSR count). The van der Waals surface area contributed by atoms with Crippen molar-refractivity contribution in [3.05, 3.63) is 64.2 Å². The summed E-state index contributed by atoms with van der Waals surface area (Å²) in [6.45, 7) is 9.87. The molecule has 0 spiro atoms. The molecule has 0 amide bonds. The lowest BCUT2D eigenvalue weighted by molar-refractivity contribution is 0.0976. The minimum atomic E-state index is -0.0433. The van der Waals surface area contributed by atoms with Crippen LogP contribution in [0.2, 0.25) is 0 Å². The fourth-order valence-corrected chi connectivity index (χ4v) is 3.17. The van der Waals surface area contributed by atoms with E-state index in [0.717, 1.165) is 10.5 Å². The van der Waals surface area contributed by atoms with Gasteiger partial charge in [0.05, 0.1) is 0 Å². The monoisotopic (exact) mass is 328 g/mol. The van der Waals surface area contributed by atoms with Crippen LogP contribution < -0.4 is 0 Å². The van der Waals surface area contributed by atoms with Gasteiger partial charge in [0.15, 0.2) is 11.6 Å². The van der Waals surface area contributed by atoms with Gasteiger partial charge in [0.25, 0.3) is 0 Å². The molecule has 122 valence electrons. The summed E-state index contributed by atoms with van der Waals surface area (Å²) in [7, 11) is 0. The first-order valence-corrected chi connectivity index (χ1v) is 9.23. The maximum absolute atomic E-state index is 12.6. The molecule has 0 heterocycles. The summed E-state index contributed by atoms with van der Waals surface area (Å²) < 4.78 is 0. The molecule has 0 unspecified atom stereocenters. The number of carbonyl (C=O) groups excluding carboxylic acids is 2. The number of aryl methyl sites for hydroxylation is 1. The lowest BCUT2D eigenvalue weighted by atomic mass is 9.82. The third-order valence-electron chi connectivity index (χ3n) is 3.46. The van der Waals surface area contributed by atoms with Crippen molar-refractivity contribution >= 4 is 23.3 Å². The Hall–Kier alpha value is -1.87. The van der Waals surface area contributed by atoms with Gasteiger partial charge in [0.2, 0.25) is 0 Å². The zero-order chi connectivity index (χ0) is 17.6. The second-order valence-electron chi connectivity index (χ2n) is 4.54. The van der Waals surface area contributed by atoms with Gasteiger partial charge >= 0.3 is 0 Å². The number of hydrogen-bond acceptors (Lipinski definition) is 3. The molecule has 1 aliphatic carbocycles. The van der Waals surface area contributed by atoms with Gasteiger partial charge in [-0.3, -0.25) is 9.59 Å². The predicted octanol–water partition coefficient (Wildman–Crippen LogP) is 5.54. The Morgan fingerprint density at radius 3 is 1.78 bits per heavy atom. The summed E-state index contributed by atoms with van der Waals surface area (Å²) >= 11 is 1.50. The molecule has 0 N–H and O–H groups in total. The number of hydrogen-bond donors (Lipinski definition) is 0. The Labute approximate surface area is 143 Å². The van der Waals surface area contributed by atoms with E-state index in [1.54, 1.807) is 12.1 Å². The average Bonchev–Trinajstić information content (AvgIpc) is 2.62. The largest absolute Gasteiger partial charge is 0.289 e. The molecular formula is C20H24O2S. The van der Waals surface area contributed by atoms with Crippen molar-refractivity contribution in [2.75, 3.05) is 6.26 Å². The molecule has 0 aliphatic heterocycles. The molecule has 3 heteroatoms. The molecule has 0 atom stereocenters. The highest BCUT2D eigenvalue weighted by atomic mass is 32.2. The highest BCUT2D eigenvalue weighted by Crippen LogP contribution is 2.34. The lowest BCUT2D eigenvalue weighted by Crippen LogP contribution is -2.22. The smallest absolute Gasteiger partial charge is 0.195 e. The first-order valence-electron chi connectivity index (χ1n) is 8.01. The Bertz CT molecular complexity index is 718. The van der Waals surface area contributed by atoms with Crippen LogP contribution >= 0.6 is 11.8 Å². The Morgan fingerprint density at radius 2 is 1.22 bits per heavy atom. The topological polar surface area (TPSA) is 34.1 Å². The standard InChI is InChI=1S/C16H12O2S.2C2H6/c1-9-5-3-6-10-13(9)15(17)11-7-4-8-12(19-2)14(11)16(10)18;2*1-2/h3-8H,1-2H3;2*1-2H3. The van der Waals surface area contributed by atoms with E-state index in [-0.39, 0.29) is 11.6 Å². The number of carbonyl (C=O) groups is 2. The van der Waals surface area contributed by atoms with E-state index in [0.29, 0.717) is 22.3 Å². The summed E-state index contributed by atoms with van der Waals surface area (Å²) in [6.07, 6.45) is 1.92. The van der Waals surface area contributed by atoms with Crippen LogP contribution in [0.1, 0.15) is 65.1 Å². The summed E-state index contributed by atoms with van der Waals surface area (Å²) in [4.78, 5) is 26.1. The van der Waals surface area contributed by atoms with Gasteiger partial charge in [0.1, 0.15) is 0 Å². The van der Waals surface area contributed by atoms with Gasteiger partial charge in [-0.15, -0.1) is 11.8 Å². The second kappa shape index (κ2) is 8.68. The fourth-order valence-electron chi connectivity index (χ4n) is 2.55. The molecule has 23 heavy (non-hydrogen) atoms. The zero-order valence-corrected chi connectivity index (χ0v) is 15.5. The van der Waals surface area contributed by atoms with E-state index < -0.39 is 0 Å². The number of benzene rings is 2. The van der Waals surface area contributed by atoms with Gasteiger partial charge < -0.3 is 0 Å². The molecule has 0 fully saturated rings. The fraction of sp³-hybridized carbons (Fsp3) is 0.300. The number of rotatable bonds is 1. The second-order valence-corrected chi connectivity index (χ2v) is 5.39. The molecular weight excluding hydrogens is 304 g/mol. The van der Waals surface area contributed by atoms with Crippen molar-refractivity contribution in [3.63, 3.8) is 0 Å². The normalized spacial score (nSPS) is 11.4. The minimum absolute atomic E-state index is 0.0430. The van der Waals surface area contributed by atoms with E-state index in [4.69, 9.17) is 0 Å². The van der Waals surface area contributed by atoms with Crippen LogP contribution in [0.15, 0.2) is 41.3 Å². The Kier molecular flexibility index (Phi) is 7.24. The Balaban J connectivity index is 0.000000615. The van der Waals surface area contributed by atoms with Gasteiger partial charge in [-0.25, -0.2) is 0 Å². The van der Waals surface area contributed by atoms with Gasteiger partial charge in [-0.1, -0.05) is 58.0 Å². The molecule has 2 nitrogen and oxygen atoms in total. The van der Waals surface area contributed by atoms with Crippen LogP contribution in [0.5, 0.6) is 0 Å². The van der Waals surface area contributed by atoms with Crippen molar-refractivity contribution in [1.82, 2.24) is 0 Å². The van der Waals surface area contributed by atoms with Crippen LogP contribution in [-0.2, 0) is 0 Å². The summed E-state index contributed by atoms with van der Waals surface area (Å²) in [5.74, 6) is -0.0862. The quantitative estimate of drug-likeness (QED) is 0.550. The Morgan fingerprint density at radius 1 is 0.739 bits per heavy atom. The number of fused-ring (bicyclic) bond motifs is 2. The van der Waals surface area contributed by atoms with Crippen LogP contribution in [0.25, 0.3) is 0 Å². The number of ketones is 2. The highest BCUT2D eigenvalue weighted by Gasteiger charge is 2.32. The predicted molar refractivity (Wildman–Crippen MR) is 99.0 cm³/mol. The van der Waals surface area contributed by atoms with E-state index >= 15 is 0 Å². The molecule has 0 saturated heterocycles. The molecule has 2 aromatic rings. The van der Waals surface area contributed by atoms with Crippen LogP contribution in [0, 0.1) is 6.92 Å². The van der Waals surface area contributed by atoms with E-state index in [1.165, 1.54) is 11.8 Å². The van der Waals surface area contributed by atoms with E-state index in [9.17, 15) is 9.59 Å². The van der Waals surface area contributed by atoms with Crippen molar-refractivity contribution in [2.24, 2.45) is 0 Å². The maximum Gasteiger partial charge on any atom is 0.195 e. The first kappa shape index (κ1) is 19.2. The number of thioether (sulfide) groups is 1. The summed E-state index contributed by atoms with van der Waals surface area (Å²) in [5.41, 5.74) is 3.02. The van der Waals surface area contributed by atoms with Gasteiger partial charge in [-0.2, -0.15) is 0 Å². The maximum atomic E-state index is 12.6. The molecule has 2 aromatic carbocycles. The highest BCUT2D eigenvalue weighted by molar-refractivity contribution is 7.98. The van der Waals surface area contributed by atoms with Crippen LogP contribution in [0.4, 0.5) is 0 Å². The van der Waals surface area contributed by atoms with E-state index in [2.05, 4.69) is 0 Å². The third kappa shape index (κ3) is 3.40. The summed E-state index contributed by atoms with van der Waals surface area (Å²) in [5, 5.41) is 0. The SMILES string of the molecule is CC.CC.CSc1cccc2c1C(=O)c1cccc(C)c1C2=O. The molecule has 0 saturated carbocycles. The van der Waals surface area contributed by atoms with E-state index in [1.807, 2.05) is 65.1 Å². The molecule has 0 radical (unpaired) electrons. The van der Waals surface area contributed by atoms with Crippen molar-refractivity contribution in [1.29, 1.82) is 0 Å². The zero-order valence-electron chi connectivity index (χ0n) is 14.7. The van der Waals surface area contributed by atoms with Gasteiger partial charge in [-0.05, 0) is 24.8 Å². The third-order valence-corrected chi connectivity index (χ3v) is 4.24. The molecule has 0 bridgehead atoms.